The molecule has 3 rings (SSSR count). The lowest BCUT2D eigenvalue weighted by Crippen LogP contribution is -3.18. The zero-order chi connectivity index (χ0) is 16.2. The van der Waals surface area contributed by atoms with Crippen molar-refractivity contribution in [3.8, 4) is 5.75 Å². The first-order valence-corrected chi connectivity index (χ1v) is 8.08. The third-order valence-corrected chi connectivity index (χ3v) is 4.65. The maximum atomic E-state index is 12.6. The molecule has 124 valence electrons. The third kappa shape index (κ3) is 3.54. The Hall–Kier alpha value is -1.92. The molecule has 1 aromatic rings. The molecule has 0 spiro atoms. The lowest BCUT2D eigenvalue weighted by molar-refractivity contribution is -0.922. The fourth-order valence-electron chi connectivity index (χ4n) is 3.25. The van der Waals surface area contributed by atoms with Crippen molar-refractivity contribution in [1.82, 2.24) is 4.90 Å². The summed E-state index contributed by atoms with van der Waals surface area (Å²) in [6.07, 6.45) is 1.00. The molecule has 2 aliphatic rings. The summed E-state index contributed by atoms with van der Waals surface area (Å²) in [6, 6.07) is 7.50. The van der Waals surface area contributed by atoms with Crippen molar-refractivity contribution in [2.45, 2.75) is 18.9 Å². The number of rotatable bonds is 5. The molecule has 2 amide bonds. The predicted molar refractivity (Wildman–Crippen MR) is 83.3 cm³/mol. The number of amides is 2. The van der Waals surface area contributed by atoms with Crippen LogP contribution in [0, 0.1) is 0 Å². The number of nitrogens with one attached hydrogen (secondary N) is 1. The maximum Gasteiger partial charge on any atom is 0.288 e. The molecule has 6 heteroatoms. The molecule has 1 aromatic carbocycles. The van der Waals surface area contributed by atoms with Crippen LogP contribution in [0.2, 0.25) is 0 Å². The number of imide groups is 1. The molecule has 0 radical (unpaired) electrons. The Labute approximate surface area is 136 Å². The number of hydrogen-bond donors (Lipinski definition) is 1. The van der Waals surface area contributed by atoms with Gasteiger partial charge < -0.3 is 14.4 Å². The van der Waals surface area contributed by atoms with Gasteiger partial charge in [0.15, 0.2) is 6.04 Å². The molecule has 2 heterocycles. The van der Waals surface area contributed by atoms with Crippen molar-refractivity contribution >= 4 is 11.8 Å². The Morgan fingerprint density at radius 3 is 2.57 bits per heavy atom. The fourth-order valence-corrected chi connectivity index (χ4v) is 3.25. The summed E-state index contributed by atoms with van der Waals surface area (Å²) in [7, 11) is 1.63. The van der Waals surface area contributed by atoms with Crippen LogP contribution in [-0.4, -0.2) is 62.7 Å². The van der Waals surface area contributed by atoms with Gasteiger partial charge in [0.2, 0.25) is 5.91 Å². The van der Waals surface area contributed by atoms with Gasteiger partial charge in [-0.05, 0) is 24.1 Å². The van der Waals surface area contributed by atoms with Crippen LogP contribution in [0.1, 0.15) is 12.0 Å². The number of ether oxygens (including phenoxy) is 2. The molecule has 0 aromatic heterocycles. The molecule has 1 atom stereocenters. The van der Waals surface area contributed by atoms with E-state index in [2.05, 4.69) is 0 Å². The van der Waals surface area contributed by atoms with Crippen molar-refractivity contribution in [3.05, 3.63) is 29.8 Å². The summed E-state index contributed by atoms with van der Waals surface area (Å²) in [6.45, 7) is 3.38. The van der Waals surface area contributed by atoms with Crippen LogP contribution in [0.25, 0.3) is 0 Å². The lowest BCUT2D eigenvalue weighted by atomic mass is 10.1. The van der Waals surface area contributed by atoms with Crippen LogP contribution in [-0.2, 0) is 20.7 Å². The summed E-state index contributed by atoms with van der Waals surface area (Å²) < 4.78 is 10.5. The first-order chi connectivity index (χ1) is 11.2. The highest BCUT2D eigenvalue weighted by Gasteiger charge is 2.44. The second-order valence-electron chi connectivity index (χ2n) is 6.01. The van der Waals surface area contributed by atoms with Crippen LogP contribution in [0.3, 0.4) is 0 Å². The predicted octanol–water partition coefficient (Wildman–Crippen LogP) is -0.720. The molecular formula is C17H23N2O4+. The van der Waals surface area contributed by atoms with E-state index in [9.17, 15) is 9.59 Å². The molecule has 0 aliphatic carbocycles. The number of morpholine rings is 1. The van der Waals surface area contributed by atoms with Gasteiger partial charge >= 0.3 is 0 Å². The van der Waals surface area contributed by atoms with Crippen molar-refractivity contribution in [2.75, 3.05) is 40.0 Å². The quantitative estimate of drug-likeness (QED) is 0.728. The number of nitrogens with zero attached hydrogens (tertiary/aromatic N) is 1. The van der Waals surface area contributed by atoms with Gasteiger partial charge in [-0.2, -0.15) is 0 Å². The normalized spacial score (nSPS) is 22.7. The Morgan fingerprint density at radius 1 is 1.22 bits per heavy atom. The molecule has 2 fully saturated rings. The van der Waals surface area contributed by atoms with Crippen molar-refractivity contribution in [2.24, 2.45) is 0 Å². The van der Waals surface area contributed by atoms with Crippen LogP contribution in [0.15, 0.2) is 24.3 Å². The zero-order valence-electron chi connectivity index (χ0n) is 13.4. The second kappa shape index (κ2) is 7.10. The van der Waals surface area contributed by atoms with Crippen LogP contribution >= 0.6 is 0 Å². The summed E-state index contributed by atoms with van der Waals surface area (Å²) >= 11 is 0. The molecule has 2 saturated heterocycles. The number of carbonyl (C=O) groups is 2. The molecule has 0 unspecified atom stereocenters. The van der Waals surface area contributed by atoms with Gasteiger partial charge in [0, 0.05) is 6.54 Å². The van der Waals surface area contributed by atoms with Crippen molar-refractivity contribution < 1.29 is 24.0 Å². The van der Waals surface area contributed by atoms with E-state index in [1.165, 1.54) is 9.80 Å². The molecule has 0 saturated carbocycles. The fraction of sp³-hybridized carbons (Fsp3) is 0.529. The average Bonchev–Trinajstić information content (AvgIpc) is 2.88. The van der Waals surface area contributed by atoms with E-state index in [1.54, 1.807) is 7.11 Å². The van der Waals surface area contributed by atoms with Gasteiger partial charge in [0.05, 0.1) is 26.7 Å². The summed E-state index contributed by atoms with van der Waals surface area (Å²) in [5.41, 5.74) is 1.09. The third-order valence-electron chi connectivity index (χ3n) is 4.65. The summed E-state index contributed by atoms with van der Waals surface area (Å²) in [4.78, 5) is 27.4. The van der Waals surface area contributed by atoms with Gasteiger partial charge in [-0.25, -0.2) is 0 Å². The second-order valence-corrected chi connectivity index (χ2v) is 6.01. The Balaban J connectivity index is 1.58. The van der Waals surface area contributed by atoms with E-state index in [-0.39, 0.29) is 17.9 Å². The minimum atomic E-state index is -0.220. The maximum absolute atomic E-state index is 12.6. The molecule has 23 heavy (non-hydrogen) atoms. The monoisotopic (exact) mass is 319 g/mol. The van der Waals surface area contributed by atoms with E-state index in [4.69, 9.17) is 9.47 Å². The molecule has 0 bridgehead atoms. The topological polar surface area (TPSA) is 60.3 Å². The van der Waals surface area contributed by atoms with Crippen molar-refractivity contribution in [3.63, 3.8) is 0 Å². The number of likely N-dealkylation sites (tertiary alicyclic amines) is 1. The van der Waals surface area contributed by atoms with Gasteiger partial charge in [0.1, 0.15) is 18.8 Å². The van der Waals surface area contributed by atoms with Crippen LogP contribution < -0.4 is 9.64 Å². The van der Waals surface area contributed by atoms with Gasteiger partial charge in [0.25, 0.3) is 5.91 Å². The smallest absolute Gasteiger partial charge is 0.288 e. The molecular weight excluding hydrogens is 296 g/mol. The summed E-state index contributed by atoms with van der Waals surface area (Å²) in [5, 5.41) is 0. The summed E-state index contributed by atoms with van der Waals surface area (Å²) in [5.74, 6) is 0.728. The van der Waals surface area contributed by atoms with Crippen molar-refractivity contribution in [1.29, 1.82) is 0 Å². The van der Waals surface area contributed by atoms with E-state index in [1.807, 2.05) is 24.3 Å². The Kier molecular flexibility index (Phi) is 4.93. The molecule has 1 N–H and O–H groups in total. The number of methoxy groups -OCH3 is 1. The lowest BCUT2D eigenvalue weighted by Gasteiger charge is -2.27. The van der Waals surface area contributed by atoms with E-state index in [0.717, 1.165) is 24.4 Å². The largest absolute Gasteiger partial charge is 0.497 e. The number of benzene rings is 1. The highest BCUT2D eigenvalue weighted by molar-refractivity contribution is 6.04. The standard InChI is InChI=1S/C17H22N2O4/c1-22-14-4-2-13(3-5-14)6-7-19-16(20)12-15(17(19)21)18-8-10-23-11-9-18/h2-5,15H,6-12H2,1H3/p+1/t15-/m0/s1. The SMILES string of the molecule is COc1ccc(CCN2C(=O)C[C@H]([NH+]3CCOCC3)C2=O)cc1. The zero-order valence-corrected chi connectivity index (χ0v) is 13.4. The van der Waals surface area contributed by atoms with E-state index in [0.29, 0.717) is 32.6 Å². The number of hydrogen-bond acceptors (Lipinski definition) is 4. The first kappa shape index (κ1) is 16.0. The first-order valence-electron chi connectivity index (χ1n) is 8.08. The van der Waals surface area contributed by atoms with Gasteiger partial charge in [-0.15, -0.1) is 0 Å². The minimum Gasteiger partial charge on any atom is -0.497 e. The molecule has 6 nitrogen and oxygen atoms in total. The van der Waals surface area contributed by atoms with E-state index < -0.39 is 0 Å². The van der Waals surface area contributed by atoms with Gasteiger partial charge in [-0.3, -0.25) is 14.5 Å². The Morgan fingerprint density at radius 2 is 1.91 bits per heavy atom. The molecule has 2 aliphatic heterocycles. The Bertz CT molecular complexity index is 566. The average molecular weight is 319 g/mol. The highest BCUT2D eigenvalue weighted by Crippen LogP contribution is 2.15. The van der Waals surface area contributed by atoms with Crippen LogP contribution in [0.5, 0.6) is 5.75 Å². The minimum absolute atomic E-state index is 0.0274. The van der Waals surface area contributed by atoms with Crippen LogP contribution in [0.4, 0.5) is 0 Å². The number of quaternary nitrogens is 1. The van der Waals surface area contributed by atoms with E-state index >= 15 is 0 Å². The number of carbonyl (C=O) groups excluding carboxylic acids is 2. The highest BCUT2D eigenvalue weighted by atomic mass is 16.5. The van der Waals surface area contributed by atoms with Gasteiger partial charge in [-0.1, -0.05) is 12.1 Å².